The number of amides is 2. The Labute approximate surface area is 205 Å². The van der Waals surface area contributed by atoms with Crippen molar-refractivity contribution in [1.82, 2.24) is 10.6 Å². The smallest absolute Gasteiger partial charge is 0.243 e. The highest BCUT2D eigenvalue weighted by Gasteiger charge is 2.00. The van der Waals surface area contributed by atoms with Crippen LogP contribution in [0.3, 0.4) is 0 Å². The van der Waals surface area contributed by atoms with E-state index in [-0.39, 0.29) is 11.8 Å². The van der Waals surface area contributed by atoms with Gasteiger partial charge in [-0.25, -0.2) is 0 Å². The molecule has 0 saturated carbocycles. The summed E-state index contributed by atoms with van der Waals surface area (Å²) >= 11 is 0. The minimum atomic E-state index is -0.0640. The topological polar surface area (TPSA) is 58.2 Å². The lowest BCUT2D eigenvalue weighted by molar-refractivity contribution is -0.117. The predicted molar refractivity (Wildman–Crippen MR) is 144 cm³/mol. The number of hydrogen-bond acceptors (Lipinski definition) is 2. The summed E-state index contributed by atoms with van der Waals surface area (Å²) in [6, 6.07) is 16.6. The van der Waals surface area contributed by atoms with Crippen molar-refractivity contribution in [3.63, 3.8) is 0 Å². The number of unbranched alkanes of at least 4 members (excludes halogenated alkanes) is 3. The summed E-state index contributed by atoms with van der Waals surface area (Å²) in [6.45, 7) is 10.0. The number of rotatable bonds is 13. The standard InChI is InChI=1S/C30H40N2O2/c1-23(2)27-15-9-25(10-16-27)13-19-29(33)31-21-7-5-6-8-22-32-30(34)20-14-26-11-17-28(18-12-26)24(3)4/h9-20,23-24H,5-8,21-22H2,1-4H3,(H,31,33)(H,32,34). The molecular formula is C30H40N2O2. The van der Waals surface area contributed by atoms with Gasteiger partial charge >= 0.3 is 0 Å². The Morgan fingerprint density at radius 3 is 1.29 bits per heavy atom. The van der Waals surface area contributed by atoms with Crippen LogP contribution in [0.25, 0.3) is 12.2 Å². The maximum Gasteiger partial charge on any atom is 0.243 e. The van der Waals surface area contributed by atoms with Crippen LogP contribution in [-0.4, -0.2) is 24.9 Å². The lowest BCUT2D eigenvalue weighted by atomic mass is 10.0. The van der Waals surface area contributed by atoms with E-state index in [1.807, 2.05) is 36.4 Å². The summed E-state index contributed by atoms with van der Waals surface area (Å²) in [4.78, 5) is 23.9. The fraction of sp³-hybridized carbons (Fsp3) is 0.400. The average molecular weight is 461 g/mol. The van der Waals surface area contributed by atoms with Gasteiger partial charge in [0.15, 0.2) is 0 Å². The zero-order valence-corrected chi connectivity index (χ0v) is 21.1. The van der Waals surface area contributed by atoms with E-state index in [2.05, 4.69) is 62.6 Å². The molecular weight excluding hydrogens is 420 g/mol. The molecule has 0 heterocycles. The number of nitrogens with one attached hydrogen (secondary N) is 2. The molecule has 0 atom stereocenters. The first-order chi connectivity index (χ1) is 16.3. The molecule has 4 nitrogen and oxygen atoms in total. The van der Waals surface area contributed by atoms with Gasteiger partial charge in [0.1, 0.15) is 0 Å². The maximum absolute atomic E-state index is 12.0. The second-order valence-electron chi connectivity index (χ2n) is 9.31. The summed E-state index contributed by atoms with van der Waals surface area (Å²) in [5.41, 5.74) is 4.65. The Bertz CT molecular complexity index is 859. The highest BCUT2D eigenvalue weighted by atomic mass is 16.2. The molecule has 182 valence electrons. The zero-order chi connectivity index (χ0) is 24.8. The minimum absolute atomic E-state index is 0.0640. The molecule has 2 aromatic rings. The molecule has 0 bridgehead atoms. The Kier molecular flexibility index (Phi) is 11.9. The van der Waals surface area contributed by atoms with Gasteiger partial charge in [-0.15, -0.1) is 0 Å². The van der Waals surface area contributed by atoms with Crippen molar-refractivity contribution in [3.05, 3.63) is 82.9 Å². The molecule has 2 N–H and O–H groups in total. The van der Waals surface area contributed by atoms with Crippen molar-refractivity contribution in [1.29, 1.82) is 0 Å². The first-order valence-electron chi connectivity index (χ1n) is 12.5. The highest BCUT2D eigenvalue weighted by Crippen LogP contribution is 2.16. The third-order valence-corrected chi connectivity index (χ3v) is 5.76. The predicted octanol–water partition coefficient (Wildman–Crippen LogP) is 6.45. The van der Waals surface area contributed by atoms with Crippen LogP contribution in [0.5, 0.6) is 0 Å². The SMILES string of the molecule is CC(C)c1ccc(C=CC(=O)NCCCCCCNC(=O)C=Cc2ccc(C(C)C)cc2)cc1. The normalized spacial score (nSPS) is 11.6. The van der Waals surface area contributed by atoms with E-state index < -0.39 is 0 Å². The first-order valence-corrected chi connectivity index (χ1v) is 12.5. The third kappa shape index (κ3) is 10.7. The number of benzene rings is 2. The molecule has 0 radical (unpaired) electrons. The second-order valence-corrected chi connectivity index (χ2v) is 9.31. The van der Waals surface area contributed by atoms with Crippen molar-refractivity contribution < 1.29 is 9.59 Å². The molecule has 0 unspecified atom stereocenters. The molecule has 2 amide bonds. The van der Waals surface area contributed by atoms with E-state index in [1.165, 1.54) is 11.1 Å². The molecule has 2 rings (SSSR count). The van der Waals surface area contributed by atoms with Gasteiger partial charge in [0, 0.05) is 25.2 Å². The second kappa shape index (κ2) is 14.9. The van der Waals surface area contributed by atoms with Gasteiger partial charge in [-0.3, -0.25) is 9.59 Å². The van der Waals surface area contributed by atoms with Crippen molar-refractivity contribution in [2.75, 3.05) is 13.1 Å². The van der Waals surface area contributed by atoms with E-state index in [1.54, 1.807) is 12.2 Å². The van der Waals surface area contributed by atoms with Gasteiger partial charge in [-0.2, -0.15) is 0 Å². The maximum atomic E-state index is 12.0. The van der Waals surface area contributed by atoms with E-state index in [0.717, 1.165) is 36.8 Å². The molecule has 0 fully saturated rings. The van der Waals surface area contributed by atoms with Gasteiger partial charge in [0.2, 0.25) is 11.8 Å². The largest absolute Gasteiger partial charge is 0.353 e. The van der Waals surface area contributed by atoms with E-state index in [9.17, 15) is 9.59 Å². The van der Waals surface area contributed by atoms with Crippen LogP contribution >= 0.6 is 0 Å². The van der Waals surface area contributed by atoms with Crippen molar-refractivity contribution in [2.24, 2.45) is 0 Å². The lowest BCUT2D eigenvalue weighted by Crippen LogP contribution is -2.23. The van der Waals surface area contributed by atoms with Gasteiger partial charge in [-0.05, 0) is 59.1 Å². The van der Waals surface area contributed by atoms with Gasteiger partial charge in [-0.1, -0.05) is 89.1 Å². The van der Waals surface area contributed by atoms with Crippen LogP contribution in [0.15, 0.2) is 60.7 Å². The average Bonchev–Trinajstić information content (AvgIpc) is 2.83. The summed E-state index contributed by atoms with van der Waals surface area (Å²) in [5, 5.41) is 5.86. The Hall–Kier alpha value is -3.14. The minimum Gasteiger partial charge on any atom is -0.353 e. The summed E-state index contributed by atoms with van der Waals surface area (Å²) in [5.74, 6) is 0.886. The zero-order valence-electron chi connectivity index (χ0n) is 21.1. The summed E-state index contributed by atoms with van der Waals surface area (Å²) in [6.07, 6.45) is 10.8. The molecule has 0 spiro atoms. The Balaban J connectivity index is 1.51. The lowest BCUT2D eigenvalue weighted by Gasteiger charge is -2.05. The monoisotopic (exact) mass is 460 g/mol. The van der Waals surface area contributed by atoms with Crippen LogP contribution in [0.4, 0.5) is 0 Å². The quantitative estimate of drug-likeness (QED) is 0.266. The number of hydrogen-bond donors (Lipinski definition) is 2. The molecule has 4 heteroatoms. The number of carbonyl (C=O) groups is 2. The van der Waals surface area contributed by atoms with Gasteiger partial charge < -0.3 is 10.6 Å². The fourth-order valence-electron chi connectivity index (χ4n) is 3.47. The molecule has 2 aromatic carbocycles. The Morgan fingerprint density at radius 1 is 0.618 bits per heavy atom. The molecule has 34 heavy (non-hydrogen) atoms. The summed E-state index contributed by atoms with van der Waals surface area (Å²) in [7, 11) is 0. The molecule has 0 saturated heterocycles. The van der Waals surface area contributed by atoms with Crippen LogP contribution in [0.1, 0.15) is 87.5 Å². The molecule has 0 aliphatic carbocycles. The molecule has 0 aliphatic rings. The van der Waals surface area contributed by atoms with E-state index in [4.69, 9.17) is 0 Å². The number of carbonyl (C=O) groups excluding carboxylic acids is 2. The van der Waals surface area contributed by atoms with Gasteiger partial charge in [0.05, 0.1) is 0 Å². The molecule has 0 aliphatic heterocycles. The van der Waals surface area contributed by atoms with Crippen LogP contribution in [0.2, 0.25) is 0 Å². The van der Waals surface area contributed by atoms with Crippen molar-refractivity contribution >= 4 is 24.0 Å². The van der Waals surface area contributed by atoms with Gasteiger partial charge in [0.25, 0.3) is 0 Å². The highest BCUT2D eigenvalue weighted by molar-refractivity contribution is 5.92. The first kappa shape index (κ1) is 27.1. The van der Waals surface area contributed by atoms with E-state index in [0.29, 0.717) is 24.9 Å². The van der Waals surface area contributed by atoms with Crippen molar-refractivity contribution in [3.8, 4) is 0 Å². The van der Waals surface area contributed by atoms with Crippen LogP contribution in [-0.2, 0) is 9.59 Å². The molecule has 0 aromatic heterocycles. The fourth-order valence-corrected chi connectivity index (χ4v) is 3.47. The van der Waals surface area contributed by atoms with E-state index >= 15 is 0 Å². The summed E-state index contributed by atoms with van der Waals surface area (Å²) < 4.78 is 0. The van der Waals surface area contributed by atoms with Crippen LogP contribution < -0.4 is 10.6 Å². The van der Waals surface area contributed by atoms with Crippen LogP contribution in [0, 0.1) is 0 Å². The third-order valence-electron chi connectivity index (χ3n) is 5.76. The van der Waals surface area contributed by atoms with Crippen molar-refractivity contribution in [2.45, 2.75) is 65.2 Å². The Morgan fingerprint density at radius 2 is 0.971 bits per heavy atom.